The van der Waals surface area contributed by atoms with Gasteiger partial charge in [0.2, 0.25) is 5.89 Å². The maximum absolute atomic E-state index is 9.88. The minimum Gasteiger partial charge on any atom is -0.491 e. The molecule has 0 spiro atoms. The molecule has 2 N–H and O–H groups in total. The van der Waals surface area contributed by atoms with E-state index in [0.29, 0.717) is 19.0 Å². The third-order valence-corrected chi connectivity index (χ3v) is 3.16. The molecule has 1 unspecified atom stereocenters. The Morgan fingerprint density at radius 2 is 2.14 bits per heavy atom. The second-order valence-corrected chi connectivity index (χ2v) is 5.16. The third kappa shape index (κ3) is 4.88. The molecule has 0 fully saturated rings. The minimum atomic E-state index is -0.581. The predicted molar refractivity (Wildman–Crippen MR) is 80.4 cm³/mol. The second kappa shape index (κ2) is 7.24. The van der Waals surface area contributed by atoms with Crippen molar-refractivity contribution < 1.29 is 14.3 Å². The van der Waals surface area contributed by atoms with Crippen molar-refractivity contribution in [2.24, 2.45) is 0 Å². The number of nitrogens with zero attached hydrogens (tertiary/aromatic N) is 1. The van der Waals surface area contributed by atoms with Gasteiger partial charge in [0, 0.05) is 6.54 Å². The van der Waals surface area contributed by atoms with Crippen LogP contribution in [0.2, 0.25) is 0 Å². The Morgan fingerprint density at radius 1 is 1.33 bits per heavy atom. The van der Waals surface area contributed by atoms with Gasteiger partial charge in [0.25, 0.3) is 0 Å². The molecule has 5 nitrogen and oxygen atoms in total. The molecule has 1 atom stereocenters. The molecule has 2 aromatic rings. The average Bonchev–Trinajstić information content (AvgIpc) is 2.75. The first-order valence-corrected chi connectivity index (χ1v) is 7.05. The standard InChI is InChI=1S/C16H22N2O3/c1-11-5-4-6-15(7-11)20-10-14(19)8-17-9-16-18-12(2)13(3)21-16/h4-7,14,17,19H,8-10H2,1-3H3. The number of nitrogens with one attached hydrogen (secondary N) is 1. The van der Waals surface area contributed by atoms with E-state index in [0.717, 1.165) is 22.8 Å². The van der Waals surface area contributed by atoms with Crippen molar-refractivity contribution in [1.29, 1.82) is 0 Å². The molecule has 0 aliphatic heterocycles. The molecule has 0 radical (unpaired) electrons. The van der Waals surface area contributed by atoms with Crippen LogP contribution in [0.1, 0.15) is 22.9 Å². The quantitative estimate of drug-likeness (QED) is 0.817. The van der Waals surface area contributed by atoms with Crippen molar-refractivity contribution >= 4 is 0 Å². The third-order valence-electron chi connectivity index (χ3n) is 3.16. The first-order valence-electron chi connectivity index (χ1n) is 7.05. The van der Waals surface area contributed by atoms with Gasteiger partial charge in [-0.25, -0.2) is 4.98 Å². The van der Waals surface area contributed by atoms with Crippen molar-refractivity contribution in [3.8, 4) is 5.75 Å². The highest BCUT2D eigenvalue weighted by molar-refractivity contribution is 5.27. The summed E-state index contributed by atoms with van der Waals surface area (Å²) in [5.74, 6) is 2.24. The fourth-order valence-electron chi connectivity index (χ4n) is 1.92. The van der Waals surface area contributed by atoms with Crippen LogP contribution in [0, 0.1) is 20.8 Å². The summed E-state index contributed by atoms with van der Waals surface area (Å²) in [6.45, 7) is 6.97. The summed E-state index contributed by atoms with van der Waals surface area (Å²) in [4.78, 5) is 4.27. The van der Waals surface area contributed by atoms with Crippen molar-refractivity contribution in [1.82, 2.24) is 10.3 Å². The van der Waals surface area contributed by atoms with Gasteiger partial charge in [0.15, 0.2) is 0 Å². The van der Waals surface area contributed by atoms with Gasteiger partial charge < -0.3 is 19.6 Å². The minimum absolute atomic E-state index is 0.250. The molecule has 0 saturated carbocycles. The smallest absolute Gasteiger partial charge is 0.208 e. The summed E-state index contributed by atoms with van der Waals surface area (Å²) in [6, 6.07) is 7.76. The monoisotopic (exact) mass is 290 g/mol. The molecule has 0 aliphatic carbocycles. The van der Waals surface area contributed by atoms with E-state index in [1.165, 1.54) is 0 Å². The number of aromatic nitrogens is 1. The molecular weight excluding hydrogens is 268 g/mol. The Morgan fingerprint density at radius 3 is 2.81 bits per heavy atom. The van der Waals surface area contributed by atoms with Gasteiger partial charge in [-0.1, -0.05) is 12.1 Å². The molecule has 21 heavy (non-hydrogen) atoms. The first kappa shape index (κ1) is 15.5. The van der Waals surface area contributed by atoms with E-state index in [9.17, 15) is 5.11 Å². The number of aliphatic hydroxyl groups excluding tert-OH is 1. The number of rotatable bonds is 7. The van der Waals surface area contributed by atoms with Crippen LogP contribution in [0.3, 0.4) is 0 Å². The predicted octanol–water partition coefficient (Wildman–Crippen LogP) is 2.13. The highest BCUT2D eigenvalue weighted by Gasteiger charge is 2.08. The largest absolute Gasteiger partial charge is 0.491 e. The van der Waals surface area contributed by atoms with E-state index in [2.05, 4.69) is 10.3 Å². The molecule has 0 amide bonds. The van der Waals surface area contributed by atoms with Gasteiger partial charge in [-0.2, -0.15) is 0 Å². The molecular formula is C16H22N2O3. The number of hydrogen-bond donors (Lipinski definition) is 2. The molecule has 0 aliphatic rings. The van der Waals surface area contributed by atoms with Gasteiger partial charge in [0.1, 0.15) is 24.2 Å². The summed E-state index contributed by atoms with van der Waals surface area (Å²) >= 11 is 0. The molecule has 2 rings (SSSR count). The molecule has 0 bridgehead atoms. The Kier molecular flexibility index (Phi) is 5.36. The maximum Gasteiger partial charge on any atom is 0.208 e. The lowest BCUT2D eigenvalue weighted by Gasteiger charge is -2.13. The van der Waals surface area contributed by atoms with E-state index < -0.39 is 6.10 Å². The van der Waals surface area contributed by atoms with Crippen LogP contribution < -0.4 is 10.1 Å². The molecule has 1 heterocycles. The fraction of sp³-hybridized carbons (Fsp3) is 0.438. The number of aryl methyl sites for hydroxylation is 3. The first-order chi connectivity index (χ1) is 10.0. The van der Waals surface area contributed by atoms with E-state index in [1.807, 2.05) is 45.0 Å². The Labute approximate surface area is 125 Å². The topological polar surface area (TPSA) is 67.5 Å². The van der Waals surface area contributed by atoms with Crippen molar-refractivity contribution in [2.75, 3.05) is 13.2 Å². The van der Waals surface area contributed by atoms with Crippen LogP contribution in [0.15, 0.2) is 28.7 Å². The molecule has 5 heteroatoms. The number of aliphatic hydroxyl groups is 1. The van der Waals surface area contributed by atoms with Gasteiger partial charge in [-0.15, -0.1) is 0 Å². The SMILES string of the molecule is Cc1cccc(OCC(O)CNCc2nc(C)c(C)o2)c1. The van der Waals surface area contributed by atoms with Crippen molar-refractivity contribution in [3.05, 3.63) is 47.2 Å². The molecule has 114 valence electrons. The van der Waals surface area contributed by atoms with E-state index >= 15 is 0 Å². The summed E-state index contributed by atoms with van der Waals surface area (Å²) in [5.41, 5.74) is 2.03. The van der Waals surface area contributed by atoms with E-state index in [4.69, 9.17) is 9.15 Å². The van der Waals surface area contributed by atoms with E-state index in [-0.39, 0.29) is 6.61 Å². The zero-order valence-electron chi connectivity index (χ0n) is 12.7. The Balaban J connectivity index is 1.69. The molecule has 0 saturated heterocycles. The Bertz CT molecular complexity index is 561. The summed E-state index contributed by atoms with van der Waals surface area (Å²) in [7, 11) is 0. The number of benzene rings is 1. The second-order valence-electron chi connectivity index (χ2n) is 5.16. The highest BCUT2D eigenvalue weighted by atomic mass is 16.5. The van der Waals surface area contributed by atoms with E-state index in [1.54, 1.807) is 0 Å². The lowest BCUT2D eigenvalue weighted by molar-refractivity contribution is 0.105. The normalized spacial score (nSPS) is 12.4. The number of oxazole rings is 1. The van der Waals surface area contributed by atoms with Gasteiger partial charge in [0.05, 0.1) is 12.2 Å². The van der Waals surface area contributed by atoms with Crippen LogP contribution >= 0.6 is 0 Å². The van der Waals surface area contributed by atoms with Crippen molar-refractivity contribution in [3.63, 3.8) is 0 Å². The van der Waals surface area contributed by atoms with Gasteiger partial charge >= 0.3 is 0 Å². The molecule has 1 aromatic heterocycles. The number of hydrogen-bond acceptors (Lipinski definition) is 5. The summed E-state index contributed by atoms with van der Waals surface area (Å²) in [6.07, 6.45) is -0.581. The zero-order valence-corrected chi connectivity index (χ0v) is 12.7. The van der Waals surface area contributed by atoms with Gasteiger partial charge in [-0.05, 0) is 38.5 Å². The van der Waals surface area contributed by atoms with Crippen LogP contribution in [0.25, 0.3) is 0 Å². The summed E-state index contributed by atoms with van der Waals surface area (Å²) < 4.78 is 11.0. The Hall–Kier alpha value is -1.85. The van der Waals surface area contributed by atoms with Crippen LogP contribution in [0.5, 0.6) is 5.75 Å². The maximum atomic E-state index is 9.88. The highest BCUT2D eigenvalue weighted by Crippen LogP contribution is 2.12. The number of ether oxygens (including phenoxy) is 1. The van der Waals surface area contributed by atoms with Crippen LogP contribution in [-0.4, -0.2) is 29.3 Å². The van der Waals surface area contributed by atoms with Crippen LogP contribution in [0.4, 0.5) is 0 Å². The van der Waals surface area contributed by atoms with Crippen molar-refractivity contribution in [2.45, 2.75) is 33.4 Å². The van der Waals surface area contributed by atoms with Crippen LogP contribution in [-0.2, 0) is 6.54 Å². The average molecular weight is 290 g/mol. The fourth-order valence-corrected chi connectivity index (χ4v) is 1.92. The lowest BCUT2D eigenvalue weighted by atomic mass is 10.2. The zero-order chi connectivity index (χ0) is 15.2. The molecule has 1 aromatic carbocycles. The lowest BCUT2D eigenvalue weighted by Crippen LogP contribution is -2.31. The summed E-state index contributed by atoms with van der Waals surface area (Å²) in [5, 5.41) is 13.0. The van der Waals surface area contributed by atoms with Gasteiger partial charge in [-0.3, -0.25) is 0 Å².